The Hall–Kier alpha value is -1.11. The number of nitrogens with zero attached hydrogens (tertiary/aromatic N) is 1. The maximum absolute atomic E-state index is 12.3. The summed E-state index contributed by atoms with van der Waals surface area (Å²) in [6.07, 6.45) is 0. The fourth-order valence-corrected chi connectivity index (χ4v) is 2.93. The molecule has 0 fully saturated rings. The number of sulfonamides is 1. The van der Waals surface area contributed by atoms with E-state index in [1.54, 1.807) is 32.3 Å². The van der Waals surface area contributed by atoms with Crippen molar-refractivity contribution >= 4 is 10.0 Å². The van der Waals surface area contributed by atoms with E-state index in [9.17, 15) is 8.42 Å². The molecule has 0 unspecified atom stereocenters. The summed E-state index contributed by atoms with van der Waals surface area (Å²) in [5.41, 5.74) is 0.824. The number of hydrogen-bond donors (Lipinski definition) is 1. The highest BCUT2D eigenvalue weighted by Crippen LogP contribution is 2.23. The minimum absolute atomic E-state index is 0.298. The number of aryl methyl sites for hydroxylation is 1. The Morgan fingerprint density at radius 3 is 2.58 bits per heavy atom. The van der Waals surface area contributed by atoms with Crippen LogP contribution in [-0.2, 0) is 10.0 Å². The molecular weight excluding hydrogens is 264 g/mol. The maximum Gasteiger partial charge on any atom is 0.242 e. The summed E-state index contributed by atoms with van der Waals surface area (Å²) in [5.74, 6) is 0.722. The van der Waals surface area contributed by atoms with Crippen LogP contribution in [0.2, 0.25) is 0 Å². The zero-order chi connectivity index (χ0) is 14.5. The van der Waals surface area contributed by atoms with Gasteiger partial charge in [0.05, 0.1) is 11.5 Å². The molecule has 0 spiro atoms. The molecule has 1 N–H and O–H groups in total. The van der Waals surface area contributed by atoms with Gasteiger partial charge in [0.1, 0.15) is 5.75 Å². The first kappa shape index (κ1) is 15.9. The van der Waals surface area contributed by atoms with Gasteiger partial charge in [0.15, 0.2) is 0 Å². The zero-order valence-electron chi connectivity index (χ0n) is 11.9. The van der Waals surface area contributed by atoms with Crippen LogP contribution in [-0.4, -0.2) is 46.5 Å². The largest absolute Gasteiger partial charge is 0.494 e. The lowest BCUT2D eigenvalue weighted by molar-refractivity contribution is 0.337. The van der Waals surface area contributed by atoms with Crippen LogP contribution in [0.15, 0.2) is 23.1 Å². The fourth-order valence-electron chi connectivity index (χ4n) is 1.67. The normalized spacial score (nSPS) is 11.8. The van der Waals surface area contributed by atoms with E-state index in [0.717, 1.165) is 11.3 Å². The maximum atomic E-state index is 12.3. The second-order valence-electron chi connectivity index (χ2n) is 4.29. The molecule has 0 radical (unpaired) electrons. The Morgan fingerprint density at radius 2 is 2.05 bits per heavy atom. The Morgan fingerprint density at radius 1 is 1.37 bits per heavy atom. The molecule has 0 atom stereocenters. The van der Waals surface area contributed by atoms with Crippen LogP contribution in [0.1, 0.15) is 12.5 Å². The second kappa shape index (κ2) is 6.88. The van der Waals surface area contributed by atoms with Crippen molar-refractivity contribution in [1.29, 1.82) is 0 Å². The van der Waals surface area contributed by atoms with E-state index in [1.165, 1.54) is 4.31 Å². The Kier molecular flexibility index (Phi) is 5.78. The van der Waals surface area contributed by atoms with Gasteiger partial charge in [-0.05, 0) is 44.7 Å². The molecule has 19 heavy (non-hydrogen) atoms. The average Bonchev–Trinajstić information content (AvgIpc) is 2.38. The van der Waals surface area contributed by atoms with E-state index in [0.29, 0.717) is 24.6 Å². The van der Waals surface area contributed by atoms with Crippen molar-refractivity contribution in [2.24, 2.45) is 0 Å². The monoisotopic (exact) mass is 286 g/mol. The molecule has 0 aliphatic carbocycles. The van der Waals surface area contributed by atoms with Gasteiger partial charge in [-0.2, -0.15) is 4.31 Å². The van der Waals surface area contributed by atoms with Crippen molar-refractivity contribution in [3.05, 3.63) is 23.8 Å². The van der Waals surface area contributed by atoms with Gasteiger partial charge < -0.3 is 10.1 Å². The highest BCUT2D eigenvalue weighted by atomic mass is 32.2. The minimum atomic E-state index is -3.43. The Bertz CT molecular complexity index is 515. The third-order valence-corrected chi connectivity index (χ3v) is 4.68. The number of likely N-dealkylation sites (N-methyl/N-ethyl adjacent to an activating group) is 2. The van der Waals surface area contributed by atoms with Gasteiger partial charge >= 0.3 is 0 Å². The van der Waals surface area contributed by atoms with Gasteiger partial charge in [-0.15, -0.1) is 0 Å². The van der Waals surface area contributed by atoms with Crippen molar-refractivity contribution in [3.63, 3.8) is 0 Å². The third-order valence-electron chi connectivity index (χ3n) is 2.83. The fraction of sp³-hybridized carbons (Fsp3) is 0.538. The predicted molar refractivity (Wildman–Crippen MR) is 76.1 cm³/mol. The van der Waals surface area contributed by atoms with Crippen molar-refractivity contribution < 1.29 is 13.2 Å². The Labute approximate surface area is 115 Å². The third kappa shape index (κ3) is 3.92. The molecule has 1 aromatic carbocycles. The molecule has 0 bridgehead atoms. The van der Waals surface area contributed by atoms with Crippen molar-refractivity contribution in [2.75, 3.05) is 33.8 Å². The molecule has 1 rings (SSSR count). The van der Waals surface area contributed by atoms with E-state index in [2.05, 4.69) is 5.32 Å². The minimum Gasteiger partial charge on any atom is -0.494 e. The topological polar surface area (TPSA) is 58.6 Å². The van der Waals surface area contributed by atoms with Gasteiger partial charge in [0, 0.05) is 20.1 Å². The van der Waals surface area contributed by atoms with Crippen LogP contribution in [0.3, 0.4) is 0 Å². The predicted octanol–water partition coefficient (Wildman–Crippen LogP) is 1.23. The molecule has 0 amide bonds. The van der Waals surface area contributed by atoms with E-state index >= 15 is 0 Å². The number of ether oxygens (including phenoxy) is 1. The molecule has 0 saturated carbocycles. The smallest absolute Gasteiger partial charge is 0.242 e. The summed E-state index contributed by atoms with van der Waals surface area (Å²) in [5, 5.41) is 2.93. The molecule has 0 saturated heterocycles. The lowest BCUT2D eigenvalue weighted by Gasteiger charge is -2.18. The molecule has 6 heteroatoms. The second-order valence-corrected chi connectivity index (χ2v) is 6.34. The van der Waals surface area contributed by atoms with Crippen molar-refractivity contribution in [2.45, 2.75) is 18.7 Å². The van der Waals surface area contributed by atoms with Crippen LogP contribution >= 0.6 is 0 Å². The van der Waals surface area contributed by atoms with Gasteiger partial charge in [-0.1, -0.05) is 0 Å². The standard InChI is InChI=1S/C13H22N2O3S/c1-5-18-13-7-6-12(10-11(13)2)19(16,17)15(4)9-8-14-3/h6-7,10,14H,5,8-9H2,1-4H3. The lowest BCUT2D eigenvalue weighted by atomic mass is 10.2. The van der Waals surface area contributed by atoms with Crippen LogP contribution in [0.25, 0.3) is 0 Å². The number of nitrogens with one attached hydrogen (secondary N) is 1. The number of hydrogen-bond acceptors (Lipinski definition) is 4. The van der Waals surface area contributed by atoms with Gasteiger partial charge in [-0.25, -0.2) is 8.42 Å². The van der Waals surface area contributed by atoms with Crippen LogP contribution in [0, 0.1) is 6.92 Å². The number of rotatable bonds is 7. The first-order valence-corrected chi connectivity index (χ1v) is 7.72. The average molecular weight is 286 g/mol. The van der Waals surface area contributed by atoms with E-state index in [1.807, 2.05) is 13.8 Å². The van der Waals surface area contributed by atoms with E-state index in [4.69, 9.17) is 4.74 Å². The molecule has 0 aliphatic rings. The van der Waals surface area contributed by atoms with Gasteiger partial charge in [0.2, 0.25) is 10.0 Å². The highest BCUT2D eigenvalue weighted by molar-refractivity contribution is 7.89. The summed E-state index contributed by atoms with van der Waals surface area (Å²) in [6, 6.07) is 4.94. The molecule has 0 aromatic heterocycles. The molecule has 5 nitrogen and oxygen atoms in total. The first-order chi connectivity index (χ1) is 8.93. The van der Waals surface area contributed by atoms with Gasteiger partial charge in [0.25, 0.3) is 0 Å². The van der Waals surface area contributed by atoms with Gasteiger partial charge in [-0.3, -0.25) is 0 Å². The first-order valence-electron chi connectivity index (χ1n) is 6.27. The molecule has 0 heterocycles. The van der Waals surface area contributed by atoms with E-state index < -0.39 is 10.0 Å². The lowest BCUT2D eigenvalue weighted by Crippen LogP contribution is -2.32. The summed E-state index contributed by atoms with van der Waals surface area (Å²) in [4.78, 5) is 0.298. The summed E-state index contributed by atoms with van der Waals surface area (Å²) >= 11 is 0. The Balaban J connectivity index is 2.99. The van der Waals surface area contributed by atoms with Crippen molar-refractivity contribution in [1.82, 2.24) is 9.62 Å². The summed E-state index contributed by atoms with van der Waals surface area (Å²) in [6.45, 7) is 5.36. The van der Waals surface area contributed by atoms with Crippen LogP contribution in [0.5, 0.6) is 5.75 Å². The molecule has 1 aromatic rings. The van der Waals surface area contributed by atoms with Crippen LogP contribution in [0.4, 0.5) is 0 Å². The molecule has 108 valence electrons. The zero-order valence-corrected chi connectivity index (χ0v) is 12.8. The van der Waals surface area contributed by atoms with Crippen LogP contribution < -0.4 is 10.1 Å². The molecule has 0 aliphatic heterocycles. The van der Waals surface area contributed by atoms with Crippen molar-refractivity contribution in [3.8, 4) is 5.75 Å². The summed E-state index contributed by atoms with van der Waals surface area (Å²) < 4.78 is 31.4. The number of benzene rings is 1. The SMILES string of the molecule is CCOc1ccc(S(=O)(=O)N(C)CCNC)cc1C. The molecular formula is C13H22N2O3S. The van der Waals surface area contributed by atoms with E-state index in [-0.39, 0.29) is 0 Å². The quantitative estimate of drug-likeness (QED) is 0.819. The highest BCUT2D eigenvalue weighted by Gasteiger charge is 2.20. The summed E-state index contributed by atoms with van der Waals surface area (Å²) in [7, 11) is -0.0527.